The standard InChI is InChI=1S/C20H24N4O/c1-15(20-23-22-19-9-5-6-11-24(19)20)21-18(13-16-10-12-25-14-16)17-7-3-2-4-8-17/h2-9,11,15-16,18,21H,10,12-14H2,1H3/t15-,16+,18+/m0/s1. The zero-order chi connectivity index (χ0) is 17.1. The van der Waals surface area contributed by atoms with Gasteiger partial charge in [0.2, 0.25) is 0 Å². The lowest BCUT2D eigenvalue weighted by atomic mass is 9.93. The SMILES string of the molecule is C[C@H](N[C@H](C[C@H]1CCOC1)c1ccccc1)c1nnc2ccccn12. The minimum atomic E-state index is 0.102. The van der Waals surface area contributed by atoms with Gasteiger partial charge in [-0.1, -0.05) is 36.4 Å². The van der Waals surface area contributed by atoms with Crippen LogP contribution in [-0.2, 0) is 4.74 Å². The largest absolute Gasteiger partial charge is 0.381 e. The Hall–Kier alpha value is -2.24. The van der Waals surface area contributed by atoms with E-state index in [2.05, 4.69) is 57.2 Å². The summed E-state index contributed by atoms with van der Waals surface area (Å²) < 4.78 is 7.63. The molecular formula is C20H24N4O. The second kappa shape index (κ2) is 7.33. The predicted octanol–water partition coefficient (Wildman–Crippen LogP) is 3.55. The molecule has 0 spiro atoms. The number of nitrogens with zero attached hydrogens (tertiary/aromatic N) is 3. The minimum absolute atomic E-state index is 0.102. The second-order valence-corrected chi connectivity index (χ2v) is 6.80. The fourth-order valence-electron chi connectivity index (χ4n) is 3.62. The lowest BCUT2D eigenvalue weighted by Crippen LogP contribution is -2.28. The van der Waals surface area contributed by atoms with Gasteiger partial charge in [0.1, 0.15) is 0 Å². The highest BCUT2D eigenvalue weighted by molar-refractivity contribution is 5.37. The highest BCUT2D eigenvalue weighted by atomic mass is 16.5. The first-order valence-electron chi connectivity index (χ1n) is 8.99. The van der Waals surface area contributed by atoms with Gasteiger partial charge in [-0.05, 0) is 43.4 Å². The molecule has 3 heterocycles. The Morgan fingerprint density at radius 1 is 1.16 bits per heavy atom. The molecule has 130 valence electrons. The monoisotopic (exact) mass is 336 g/mol. The Bertz CT molecular complexity index is 811. The summed E-state index contributed by atoms with van der Waals surface area (Å²) in [7, 11) is 0. The first-order chi connectivity index (χ1) is 12.3. The van der Waals surface area contributed by atoms with Crippen LogP contribution < -0.4 is 5.32 Å². The van der Waals surface area contributed by atoms with Gasteiger partial charge in [0.05, 0.1) is 6.04 Å². The predicted molar refractivity (Wildman–Crippen MR) is 97.3 cm³/mol. The maximum atomic E-state index is 5.57. The molecule has 1 aliphatic heterocycles. The van der Waals surface area contributed by atoms with E-state index in [-0.39, 0.29) is 12.1 Å². The molecule has 0 saturated carbocycles. The van der Waals surface area contributed by atoms with Crippen molar-refractivity contribution in [2.75, 3.05) is 13.2 Å². The van der Waals surface area contributed by atoms with Gasteiger partial charge in [-0.2, -0.15) is 0 Å². The van der Waals surface area contributed by atoms with E-state index in [1.807, 2.05) is 24.4 Å². The Morgan fingerprint density at radius 3 is 2.80 bits per heavy atom. The van der Waals surface area contributed by atoms with Gasteiger partial charge in [-0.3, -0.25) is 4.40 Å². The molecule has 3 atom stereocenters. The number of aromatic nitrogens is 3. The van der Waals surface area contributed by atoms with Crippen LogP contribution in [0.3, 0.4) is 0 Å². The number of ether oxygens (including phenoxy) is 1. The lowest BCUT2D eigenvalue weighted by Gasteiger charge is -2.25. The third-order valence-electron chi connectivity index (χ3n) is 4.97. The van der Waals surface area contributed by atoms with Gasteiger partial charge in [0, 0.05) is 25.5 Å². The van der Waals surface area contributed by atoms with Crippen molar-refractivity contribution in [1.29, 1.82) is 0 Å². The van der Waals surface area contributed by atoms with Crippen LogP contribution in [0.25, 0.3) is 5.65 Å². The van der Waals surface area contributed by atoms with Crippen molar-refractivity contribution in [1.82, 2.24) is 19.9 Å². The Morgan fingerprint density at radius 2 is 2.00 bits per heavy atom. The highest BCUT2D eigenvalue weighted by Crippen LogP contribution is 2.28. The van der Waals surface area contributed by atoms with Gasteiger partial charge >= 0.3 is 0 Å². The summed E-state index contributed by atoms with van der Waals surface area (Å²) in [5.41, 5.74) is 2.20. The Kier molecular flexibility index (Phi) is 4.76. The molecule has 0 aliphatic carbocycles. The molecule has 0 unspecified atom stereocenters. The van der Waals surface area contributed by atoms with Crippen molar-refractivity contribution in [2.24, 2.45) is 5.92 Å². The van der Waals surface area contributed by atoms with E-state index in [1.54, 1.807) is 0 Å². The number of pyridine rings is 1. The smallest absolute Gasteiger partial charge is 0.160 e. The topological polar surface area (TPSA) is 51.5 Å². The van der Waals surface area contributed by atoms with Crippen LogP contribution in [0.1, 0.15) is 43.2 Å². The zero-order valence-electron chi connectivity index (χ0n) is 14.5. The molecule has 1 fully saturated rings. The molecule has 0 amide bonds. The Labute approximate surface area is 148 Å². The second-order valence-electron chi connectivity index (χ2n) is 6.80. The van der Waals surface area contributed by atoms with Crippen molar-refractivity contribution < 1.29 is 4.74 Å². The fraction of sp³-hybridized carbons (Fsp3) is 0.400. The Balaban J connectivity index is 1.56. The van der Waals surface area contributed by atoms with Crippen LogP contribution >= 0.6 is 0 Å². The van der Waals surface area contributed by atoms with Gasteiger partial charge < -0.3 is 10.1 Å². The molecule has 0 bridgehead atoms. The summed E-state index contributed by atoms with van der Waals surface area (Å²) in [6.07, 6.45) is 4.24. The van der Waals surface area contributed by atoms with E-state index in [0.29, 0.717) is 5.92 Å². The van der Waals surface area contributed by atoms with Crippen molar-refractivity contribution >= 4 is 5.65 Å². The highest BCUT2D eigenvalue weighted by Gasteiger charge is 2.24. The molecule has 0 radical (unpaired) electrons. The molecule has 3 aromatic rings. The molecule has 2 aromatic heterocycles. The van der Waals surface area contributed by atoms with E-state index in [9.17, 15) is 0 Å². The first kappa shape index (κ1) is 16.2. The fourth-order valence-corrected chi connectivity index (χ4v) is 3.62. The summed E-state index contributed by atoms with van der Waals surface area (Å²) in [5, 5.41) is 12.5. The number of hydrogen-bond donors (Lipinski definition) is 1. The lowest BCUT2D eigenvalue weighted by molar-refractivity contribution is 0.180. The van der Waals surface area contributed by atoms with Gasteiger partial charge in [-0.15, -0.1) is 10.2 Å². The van der Waals surface area contributed by atoms with Crippen molar-refractivity contribution in [3.05, 3.63) is 66.1 Å². The molecule has 25 heavy (non-hydrogen) atoms. The molecule has 5 heteroatoms. The molecule has 1 aromatic carbocycles. The van der Waals surface area contributed by atoms with E-state index in [1.165, 1.54) is 5.56 Å². The molecule has 5 nitrogen and oxygen atoms in total. The molecule has 1 N–H and O–H groups in total. The van der Waals surface area contributed by atoms with Crippen molar-refractivity contribution in [3.8, 4) is 0 Å². The van der Waals surface area contributed by atoms with Gasteiger partial charge in [-0.25, -0.2) is 0 Å². The summed E-state index contributed by atoms with van der Waals surface area (Å²) >= 11 is 0. The van der Waals surface area contributed by atoms with Crippen LogP contribution in [0.4, 0.5) is 0 Å². The first-order valence-corrected chi connectivity index (χ1v) is 8.99. The van der Waals surface area contributed by atoms with Crippen LogP contribution in [0.2, 0.25) is 0 Å². The third-order valence-corrected chi connectivity index (χ3v) is 4.97. The maximum Gasteiger partial charge on any atom is 0.160 e. The molecule has 4 rings (SSSR count). The normalized spacial score (nSPS) is 20.0. The van der Waals surface area contributed by atoms with E-state index < -0.39 is 0 Å². The van der Waals surface area contributed by atoms with Crippen molar-refractivity contribution in [2.45, 2.75) is 31.8 Å². The molecular weight excluding hydrogens is 312 g/mol. The molecule has 1 saturated heterocycles. The van der Waals surface area contributed by atoms with Gasteiger partial charge in [0.25, 0.3) is 0 Å². The third kappa shape index (κ3) is 3.57. The van der Waals surface area contributed by atoms with E-state index >= 15 is 0 Å². The average molecular weight is 336 g/mol. The number of fused-ring (bicyclic) bond motifs is 1. The summed E-state index contributed by atoms with van der Waals surface area (Å²) in [6.45, 7) is 3.91. The average Bonchev–Trinajstić information content (AvgIpc) is 3.31. The number of benzene rings is 1. The van der Waals surface area contributed by atoms with Gasteiger partial charge in [0.15, 0.2) is 11.5 Å². The van der Waals surface area contributed by atoms with Crippen LogP contribution in [-0.4, -0.2) is 27.8 Å². The summed E-state index contributed by atoms with van der Waals surface area (Å²) in [6, 6.07) is 17.0. The maximum absolute atomic E-state index is 5.57. The van der Waals surface area contributed by atoms with E-state index in [4.69, 9.17) is 4.74 Å². The number of rotatable bonds is 6. The summed E-state index contributed by atoms with van der Waals surface area (Å²) in [4.78, 5) is 0. The van der Waals surface area contributed by atoms with Crippen molar-refractivity contribution in [3.63, 3.8) is 0 Å². The number of hydrogen-bond acceptors (Lipinski definition) is 4. The van der Waals surface area contributed by atoms with Crippen LogP contribution in [0.15, 0.2) is 54.7 Å². The zero-order valence-corrected chi connectivity index (χ0v) is 14.5. The summed E-state index contributed by atoms with van der Waals surface area (Å²) in [5.74, 6) is 1.55. The van der Waals surface area contributed by atoms with Crippen LogP contribution in [0, 0.1) is 5.92 Å². The molecule has 1 aliphatic rings. The quantitative estimate of drug-likeness (QED) is 0.748. The van der Waals surface area contributed by atoms with E-state index in [0.717, 1.165) is 37.5 Å². The minimum Gasteiger partial charge on any atom is -0.381 e. The number of nitrogens with one attached hydrogen (secondary N) is 1. The van der Waals surface area contributed by atoms with Crippen LogP contribution in [0.5, 0.6) is 0 Å².